The summed E-state index contributed by atoms with van der Waals surface area (Å²) < 4.78 is 2.72. The first kappa shape index (κ1) is 31.5. The highest BCUT2D eigenvalue weighted by atomic mass is 32.1. The molecule has 2 heterocycles. The van der Waals surface area contributed by atoms with E-state index in [2.05, 4.69) is 72.4 Å². The van der Waals surface area contributed by atoms with E-state index < -0.39 is 0 Å². The van der Waals surface area contributed by atoms with Gasteiger partial charge in [0.15, 0.2) is 0 Å². The highest BCUT2D eigenvalue weighted by molar-refractivity contribution is 7.19. The maximum absolute atomic E-state index is 4.75. The number of azo groups is 1. The second-order valence-corrected chi connectivity index (χ2v) is 14.0. The lowest BCUT2D eigenvalue weighted by atomic mass is 9.93. The zero-order chi connectivity index (χ0) is 30.9. The van der Waals surface area contributed by atoms with Crippen LogP contribution >= 0.6 is 22.7 Å². The van der Waals surface area contributed by atoms with Crippen LogP contribution in [0, 0.1) is 20.8 Å². The average molecular weight is 639 g/mol. The second kappa shape index (κ2) is 13.5. The van der Waals surface area contributed by atoms with Crippen LogP contribution in [-0.2, 0) is 0 Å². The third-order valence-corrected chi connectivity index (χ3v) is 10.5. The van der Waals surface area contributed by atoms with Crippen LogP contribution in [0.3, 0.4) is 0 Å². The lowest BCUT2D eigenvalue weighted by Gasteiger charge is -2.10. The van der Waals surface area contributed by atoms with Gasteiger partial charge in [0.1, 0.15) is 0 Å². The molecule has 230 valence electrons. The van der Waals surface area contributed by atoms with Crippen LogP contribution in [0.4, 0.5) is 22.7 Å². The molecule has 6 aromatic rings. The number of allylic oxidation sites excluding steroid dienone is 2. The Bertz CT molecular complexity index is 2160. The van der Waals surface area contributed by atoms with Crippen molar-refractivity contribution in [3.05, 3.63) is 117 Å². The number of nitrogens with zero attached hydrogens (tertiary/aromatic N) is 4. The maximum atomic E-state index is 4.75. The van der Waals surface area contributed by atoms with Gasteiger partial charge in [0, 0.05) is 42.4 Å². The Kier molecular flexibility index (Phi) is 9.20. The molecular weight excluding hydrogens is 601 g/mol. The van der Waals surface area contributed by atoms with E-state index in [1.54, 1.807) is 17.4 Å². The summed E-state index contributed by atoms with van der Waals surface area (Å²) in [4.78, 5) is 11.9. The predicted molar refractivity (Wildman–Crippen MR) is 203 cm³/mol. The summed E-state index contributed by atoms with van der Waals surface area (Å²) in [5.41, 5.74) is 11.8. The number of aliphatic imine (C=N–C) groups is 2. The highest BCUT2D eigenvalue weighted by Crippen LogP contribution is 2.49. The van der Waals surface area contributed by atoms with Crippen molar-refractivity contribution in [2.45, 2.75) is 54.4 Å². The fourth-order valence-corrected chi connectivity index (χ4v) is 8.64. The minimum Gasteiger partial charge on any atom is -0.262 e. The summed E-state index contributed by atoms with van der Waals surface area (Å²) in [7, 11) is 0. The highest BCUT2D eigenvalue weighted by Gasteiger charge is 2.25. The Hall–Kier alpha value is -4.52. The average Bonchev–Trinajstić information content (AvgIpc) is 3.73. The summed E-state index contributed by atoms with van der Waals surface area (Å²) in [6, 6.07) is 29.2. The van der Waals surface area contributed by atoms with Crippen LogP contribution in [-0.4, -0.2) is 12.4 Å². The van der Waals surface area contributed by atoms with Crippen LogP contribution in [0.25, 0.3) is 31.3 Å². The molecule has 6 heteroatoms. The summed E-state index contributed by atoms with van der Waals surface area (Å²) >= 11 is 3.83. The molecule has 0 spiro atoms. The van der Waals surface area contributed by atoms with Crippen LogP contribution < -0.4 is 0 Å². The smallest absolute Gasteiger partial charge is 0.0858 e. The number of benzene rings is 4. The first-order chi connectivity index (χ1) is 22.0. The summed E-state index contributed by atoms with van der Waals surface area (Å²) in [5, 5.41) is 11.5. The van der Waals surface area contributed by atoms with Crippen molar-refractivity contribution in [1.29, 1.82) is 0 Å². The third-order valence-electron chi connectivity index (χ3n) is 8.35. The molecule has 4 aromatic carbocycles. The van der Waals surface area contributed by atoms with Crippen molar-refractivity contribution in [2.75, 3.05) is 0 Å². The summed E-state index contributed by atoms with van der Waals surface area (Å²) in [6.45, 7) is 8.67. The van der Waals surface area contributed by atoms with Crippen molar-refractivity contribution >= 4 is 89.2 Å². The van der Waals surface area contributed by atoms with Gasteiger partial charge in [-0.3, -0.25) is 9.98 Å². The molecule has 0 amide bonds. The van der Waals surface area contributed by atoms with Gasteiger partial charge in [-0.15, -0.1) is 22.7 Å². The monoisotopic (exact) mass is 638 g/mol. The van der Waals surface area contributed by atoms with Gasteiger partial charge in [-0.25, -0.2) is 0 Å². The van der Waals surface area contributed by atoms with E-state index in [0.29, 0.717) is 0 Å². The molecule has 0 aliphatic heterocycles. The number of hydrogen-bond donors (Lipinski definition) is 0. The van der Waals surface area contributed by atoms with E-state index in [4.69, 9.17) is 4.99 Å². The summed E-state index contributed by atoms with van der Waals surface area (Å²) in [5.74, 6) is 0. The van der Waals surface area contributed by atoms with Crippen LogP contribution in [0.1, 0.15) is 65.6 Å². The van der Waals surface area contributed by atoms with Crippen molar-refractivity contribution in [3.8, 4) is 0 Å². The Labute approximate surface area is 279 Å². The Morgan fingerprint density at radius 1 is 0.587 bits per heavy atom. The molecule has 2 aromatic heterocycles. The van der Waals surface area contributed by atoms with Crippen LogP contribution in [0.15, 0.2) is 105 Å². The van der Waals surface area contributed by atoms with Gasteiger partial charge in [-0.1, -0.05) is 31.7 Å². The number of fused-ring (bicyclic) bond motifs is 2. The molecule has 4 nitrogen and oxygen atoms in total. The number of rotatable bonds is 7. The third kappa shape index (κ3) is 6.28. The van der Waals surface area contributed by atoms with E-state index in [9.17, 15) is 0 Å². The van der Waals surface area contributed by atoms with E-state index >= 15 is 0 Å². The molecule has 0 unspecified atom stereocenters. The first-order valence-electron chi connectivity index (χ1n) is 15.4. The van der Waals surface area contributed by atoms with Gasteiger partial charge in [-0.05, 0) is 141 Å². The molecule has 0 bridgehead atoms. The lowest BCUT2D eigenvalue weighted by molar-refractivity contribution is 0.942. The number of thiophene rings is 2. The van der Waals surface area contributed by atoms with E-state index in [1.807, 2.05) is 84.3 Å². The largest absolute Gasteiger partial charge is 0.262 e. The molecule has 7 rings (SSSR count). The molecule has 0 radical (unpaired) electrons. The van der Waals surface area contributed by atoms with Gasteiger partial charge < -0.3 is 0 Å². The minimum absolute atomic E-state index is 0. The van der Waals surface area contributed by atoms with Crippen molar-refractivity contribution in [3.63, 3.8) is 0 Å². The first-order valence-corrected chi connectivity index (χ1v) is 17.0. The normalized spacial score (nSPS) is 13.7. The standard InChI is InChI=1S/C39H34N4S2.CH4/c1-5-40-28-11-15-30(16-12-28)42-43-31-17-13-29(14-18-31)41-23-27-10-20-35-37(22-27)45-26(4)39(35)33-8-6-7-32(33)38-25(3)44-36-21-24(2)9-19-34(36)38;/h5,9-23H,6-8H2,1-4H3;1H4. The molecule has 46 heavy (non-hydrogen) atoms. The van der Waals surface area contributed by atoms with Crippen LogP contribution in [0.2, 0.25) is 0 Å². The van der Waals surface area contributed by atoms with Gasteiger partial charge >= 0.3 is 0 Å². The Morgan fingerprint density at radius 3 is 1.65 bits per heavy atom. The fourth-order valence-electron chi connectivity index (χ4n) is 6.31. The predicted octanol–water partition coefficient (Wildman–Crippen LogP) is 13.7. The zero-order valence-electron chi connectivity index (χ0n) is 26.0. The van der Waals surface area contributed by atoms with Crippen molar-refractivity contribution in [2.24, 2.45) is 20.2 Å². The molecule has 0 N–H and O–H groups in total. The van der Waals surface area contributed by atoms with E-state index in [1.165, 1.54) is 53.0 Å². The second-order valence-electron chi connectivity index (χ2n) is 11.5. The van der Waals surface area contributed by atoms with Gasteiger partial charge in [0.2, 0.25) is 0 Å². The molecule has 0 fully saturated rings. The number of hydrogen-bond acceptors (Lipinski definition) is 6. The molecule has 0 saturated carbocycles. The lowest BCUT2D eigenvalue weighted by Crippen LogP contribution is -1.89. The molecule has 1 aliphatic carbocycles. The minimum atomic E-state index is 0. The van der Waals surface area contributed by atoms with Gasteiger partial charge in [0.05, 0.1) is 22.7 Å². The Balaban J connectivity index is 0.00000372. The zero-order valence-corrected chi connectivity index (χ0v) is 27.6. The fraction of sp³-hybridized carbons (Fsp3) is 0.200. The number of aryl methyl sites for hydroxylation is 3. The maximum Gasteiger partial charge on any atom is 0.0858 e. The van der Waals surface area contributed by atoms with Crippen LogP contribution in [0.5, 0.6) is 0 Å². The van der Waals surface area contributed by atoms with Crippen molar-refractivity contribution < 1.29 is 0 Å². The molecule has 0 saturated heterocycles. The Morgan fingerprint density at radius 2 is 1.09 bits per heavy atom. The van der Waals surface area contributed by atoms with Gasteiger partial charge in [0.25, 0.3) is 0 Å². The molecular formula is C40H38N4S2. The van der Waals surface area contributed by atoms with E-state index in [0.717, 1.165) is 41.2 Å². The SMILES string of the molecule is C.CC=Nc1ccc(N=Nc2ccc(N=Cc3ccc4c(C5=C(c6c(C)sc7cc(C)ccc67)CCC5)c(C)sc4c3)cc2)cc1. The van der Waals surface area contributed by atoms with Gasteiger partial charge in [-0.2, -0.15) is 10.2 Å². The molecule has 1 aliphatic rings. The summed E-state index contributed by atoms with van der Waals surface area (Å²) in [6.07, 6.45) is 7.24. The molecule has 0 atom stereocenters. The van der Waals surface area contributed by atoms with Crippen molar-refractivity contribution in [1.82, 2.24) is 0 Å². The quantitative estimate of drug-likeness (QED) is 0.123. The van der Waals surface area contributed by atoms with E-state index in [-0.39, 0.29) is 7.43 Å². The topological polar surface area (TPSA) is 49.4 Å².